The van der Waals surface area contributed by atoms with Gasteiger partial charge in [0.2, 0.25) is 10.0 Å². The SMILES string of the molecule is CSc1ccc(CN(C)S(=O)(=O)CCCCCl)cc1. The van der Waals surface area contributed by atoms with Crippen LogP contribution in [0.2, 0.25) is 0 Å². The van der Waals surface area contributed by atoms with E-state index in [1.54, 1.807) is 18.8 Å². The second kappa shape index (κ2) is 8.15. The molecular formula is C13H20ClNO2S2. The molecule has 1 aromatic rings. The number of sulfonamides is 1. The summed E-state index contributed by atoms with van der Waals surface area (Å²) >= 11 is 7.23. The van der Waals surface area contributed by atoms with E-state index in [2.05, 4.69) is 0 Å². The van der Waals surface area contributed by atoms with Crippen molar-refractivity contribution >= 4 is 33.4 Å². The molecule has 1 aromatic carbocycles. The molecule has 3 nitrogen and oxygen atoms in total. The summed E-state index contributed by atoms with van der Waals surface area (Å²) in [5, 5.41) is 0. The third-order valence-electron chi connectivity index (χ3n) is 2.83. The van der Waals surface area contributed by atoms with Crippen molar-refractivity contribution in [2.45, 2.75) is 24.3 Å². The fraction of sp³-hybridized carbons (Fsp3) is 0.538. The molecule has 0 heterocycles. The summed E-state index contributed by atoms with van der Waals surface area (Å²) in [4.78, 5) is 1.18. The summed E-state index contributed by atoms with van der Waals surface area (Å²) in [6.45, 7) is 0.415. The monoisotopic (exact) mass is 321 g/mol. The van der Waals surface area contributed by atoms with E-state index < -0.39 is 10.0 Å². The van der Waals surface area contributed by atoms with Gasteiger partial charge in [-0.2, -0.15) is 0 Å². The minimum atomic E-state index is -3.18. The van der Waals surface area contributed by atoms with Gasteiger partial charge < -0.3 is 0 Å². The van der Waals surface area contributed by atoms with Crippen LogP contribution in [0.5, 0.6) is 0 Å². The van der Waals surface area contributed by atoms with Gasteiger partial charge in [0, 0.05) is 24.4 Å². The smallest absolute Gasteiger partial charge is 0.212 e. The summed E-state index contributed by atoms with van der Waals surface area (Å²) in [6.07, 6.45) is 3.36. The molecule has 0 unspecified atom stereocenters. The quantitative estimate of drug-likeness (QED) is 0.419. The van der Waals surface area contributed by atoms with Crippen LogP contribution in [0.4, 0.5) is 0 Å². The molecule has 0 N–H and O–H groups in total. The van der Waals surface area contributed by atoms with Gasteiger partial charge in [0.05, 0.1) is 5.75 Å². The molecule has 0 saturated carbocycles. The van der Waals surface area contributed by atoms with E-state index in [0.717, 1.165) is 12.0 Å². The maximum absolute atomic E-state index is 12.0. The zero-order valence-electron chi connectivity index (χ0n) is 11.3. The van der Waals surface area contributed by atoms with Crippen molar-refractivity contribution in [1.82, 2.24) is 4.31 Å². The van der Waals surface area contributed by atoms with Gasteiger partial charge in [0.1, 0.15) is 0 Å². The van der Waals surface area contributed by atoms with E-state index in [1.807, 2.05) is 30.5 Å². The number of hydrogen-bond donors (Lipinski definition) is 0. The molecule has 0 aliphatic heterocycles. The summed E-state index contributed by atoms with van der Waals surface area (Å²) in [5.74, 6) is 0.675. The molecule has 6 heteroatoms. The highest BCUT2D eigenvalue weighted by Gasteiger charge is 2.17. The van der Waals surface area contributed by atoms with Gasteiger partial charge in [0.25, 0.3) is 0 Å². The maximum Gasteiger partial charge on any atom is 0.214 e. The molecule has 0 bridgehead atoms. The molecule has 0 amide bonds. The minimum absolute atomic E-state index is 0.166. The zero-order chi connectivity index (χ0) is 14.3. The summed E-state index contributed by atoms with van der Waals surface area (Å²) in [6, 6.07) is 7.95. The Hall–Kier alpha value is -0.230. The van der Waals surface area contributed by atoms with Crippen LogP contribution in [0.15, 0.2) is 29.2 Å². The fourth-order valence-electron chi connectivity index (χ4n) is 1.62. The number of unbranched alkanes of at least 4 members (excludes halogenated alkanes) is 1. The van der Waals surface area contributed by atoms with Gasteiger partial charge in [-0.15, -0.1) is 23.4 Å². The second-order valence-corrected chi connectivity index (χ2v) is 7.77. The predicted octanol–water partition coefficient (Wildman–Crippen LogP) is 3.19. The Bertz CT molecular complexity index is 474. The summed E-state index contributed by atoms with van der Waals surface area (Å²) in [5.41, 5.74) is 1.00. The Morgan fingerprint density at radius 1 is 1.21 bits per heavy atom. The average Bonchev–Trinajstić information content (AvgIpc) is 2.39. The first-order valence-corrected chi connectivity index (χ1v) is 9.49. The van der Waals surface area contributed by atoms with E-state index in [4.69, 9.17) is 11.6 Å². The number of alkyl halides is 1. The third-order valence-corrected chi connectivity index (χ3v) is 5.72. The molecule has 0 radical (unpaired) electrons. The van der Waals surface area contributed by atoms with Crippen LogP contribution in [-0.4, -0.2) is 37.7 Å². The molecule has 0 fully saturated rings. The van der Waals surface area contributed by atoms with Crippen LogP contribution in [0.25, 0.3) is 0 Å². The van der Waals surface area contributed by atoms with Crippen molar-refractivity contribution in [2.24, 2.45) is 0 Å². The Morgan fingerprint density at radius 3 is 2.37 bits per heavy atom. The Morgan fingerprint density at radius 2 is 1.84 bits per heavy atom. The van der Waals surface area contributed by atoms with Gasteiger partial charge in [-0.05, 0) is 36.8 Å². The summed E-state index contributed by atoms with van der Waals surface area (Å²) < 4.78 is 25.4. The standard InChI is InChI=1S/C13H20ClNO2S2/c1-15(19(16,17)10-4-3-9-14)11-12-5-7-13(18-2)8-6-12/h5-8H,3-4,9-11H2,1-2H3. The highest BCUT2D eigenvalue weighted by Crippen LogP contribution is 2.16. The van der Waals surface area contributed by atoms with Crippen LogP contribution in [0.3, 0.4) is 0 Å². The molecular weight excluding hydrogens is 302 g/mol. The Kier molecular flexibility index (Phi) is 7.21. The van der Waals surface area contributed by atoms with Gasteiger partial charge in [0.15, 0.2) is 0 Å². The fourth-order valence-corrected chi connectivity index (χ4v) is 3.44. The normalized spacial score (nSPS) is 12.0. The number of benzene rings is 1. The zero-order valence-corrected chi connectivity index (χ0v) is 13.7. The van der Waals surface area contributed by atoms with Gasteiger partial charge in [-0.1, -0.05) is 12.1 Å². The highest BCUT2D eigenvalue weighted by molar-refractivity contribution is 7.98. The van der Waals surface area contributed by atoms with Crippen LogP contribution in [-0.2, 0) is 16.6 Å². The lowest BCUT2D eigenvalue weighted by molar-refractivity contribution is 0.465. The van der Waals surface area contributed by atoms with E-state index in [0.29, 0.717) is 18.8 Å². The largest absolute Gasteiger partial charge is 0.214 e. The molecule has 0 spiro atoms. The van der Waals surface area contributed by atoms with Crippen molar-refractivity contribution < 1.29 is 8.42 Å². The predicted molar refractivity (Wildman–Crippen MR) is 83.4 cm³/mol. The van der Waals surface area contributed by atoms with Crippen molar-refractivity contribution in [2.75, 3.05) is 24.9 Å². The number of thioether (sulfide) groups is 1. The number of rotatable bonds is 8. The molecule has 0 atom stereocenters. The lowest BCUT2D eigenvalue weighted by atomic mass is 10.2. The van der Waals surface area contributed by atoms with Crippen molar-refractivity contribution in [3.05, 3.63) is 29.8 Å². The van der Waals surface area contributed by atoms with Crippen LogP contribution in [0.1, 0.15) is 18.4 Å². The number of hydrogen-bond acceptors (Lipinski definition) is 3. The molecule has 0 saturated heterocycles. The Balaban J connectivity index is 2.59. The van der Waals surface area contributed by atoms with Crippen LogP contribution >= 0.6 is 23.4 Å². The number of nitrogens with zero attached hydrogens (tertiary/aromatic N) is 1. The first-order valence-electron chi connectivity index (χ1n) is 6.12. The van der Waals surface area contributed by atoms with Gasteiger partial charge in [-0.3, -0.25) is 0 Å². The lowest BCUT2D eigenvalue weighted by Gasteiger charge is -2.17. The highest BCUT2D eigenvalue weighted by atomic mass is 35.5. The maximum atomic E-state index is 12.0. The third kappa shape index (κ3) is 5.73. The number of halogens is 1. The molecule has 19 heavy (non-hydrogen) atoms. The van der Waals surface area contributed by atoms with Crippen molar-refractivity contribution in [3.8, 4) is 0 Å². The Labute approximate surface area is 125 Å². The summed E-state index contributed by atoms with van der Waals surface area (Å²) in [7, 11) is -1.55. The molecule has 0 aliphatic rings. The molecule has 1 rings (SSSR count). The van der Waals surface area contributed by atoms with Crippen LogP contribution in [0, 0.1) is 0 Å². The molecule has 0 aliphatic carbocycles. The average molecular weight is 322 g/mol. The minimum Gasteiger partial charge on any atom is -0.212 e. The topological polar surface area (TPSA) is 37.4 Å². The van der Waals surface area contributed by atoms with Gasteiger partial charge in [-0.25, -0.2) is 12.7 Å². The second-order valence-electron chi connectivity index (χ2n) is 4.32. The van der Waals surface area contributed by atoms with E-state index in [-0.39, 0.29) is 5.75 Å². The van der Waals surface area contributed by atoms with Crippen molar-refractivity contribution in [1.29, 1.82) is 0 Å². The lowest BCUT2D eigenvalue weighted by Crippen LogP contribution is -2.28. The van der Waals surface area contributed by atoms with Crippen molar-refractivity contribution in [3.63, 3.8) is 0 Å². The molecule has 108 valence electrons. The van der Waals surface area contributed by atoms with Crippen LogP contribution < -0.4 is 0 Å². The van der Waals surface area contributed by atoms with E-state index >= 15 is 0 Å². The van der Waals surface area contributed by atoms with E-state index in [1.165, 1.54) is 9.20 Å². The van der Waals surface area contributed by atoms with E-state index in [9.17, 15) is 8.42 Å². The van der Waals surface area contributed by atoms with Gasteiger partial charge >= 0.3 is 0 Å². The first kappa shape index (κ1) is 16.8. The molecule has 0 aromatic heterocycles. The first-order chi connectivity index (χ1) is 8.99.